The molecule has 14 heavy (non-hydrogen) atoms. The van der Waals surface area contributed by atoms with Crippen molar-refractivity contribution in [2.75, 3.05) is 0 Å². The molecule has 0 aliphatic heterocycles. The maximum atomic E-state index is 13.1. The van der Waals surface area contributed by atoms with Gasteiger partial charge in [0.05, 0.1) is 6.20 Å². The molecule has 0 radical (unpaired) electrons. The Kier molecular flexibility index (Phi) is 5.20. The van der Waals surface area contributed by atoms with E-state index in [1.165, 1.54) is 31.9 Å². The van der Waals surface area contributed by atoms with Crippen molar-refractivity contribution in [1.82, 2.24) is 4.98 Å². The van der Waals surface area contributed by atoms with Gasteiger partial charge in [0.15, 0.2) is 0 Å². The summed E-state index contributed by atoms with van der Waals surface area (Å²) in [6, 6.07) is 1.77. The molecule has 0 fully saturated rings. The third kappa shape index (κ3) is 3.86. The molecule has 1 nitrogen and oxygen atoms in total. The summed E-state index contributed by atoms with van der Waals surface area (Å²) in [5, 5.41) is 0. The first kappa shape index (κ1) is 11.2. The summed E-state index contributed by atoms with van der Waals surface area (Å²) >= 11 is 0. The lowest BCUT2D eigenvalue weighted by Gasteiger charge is -2.01. The monoisotopic (exact) mass is 195 g/mol. The minimum Gasteiger partial charge on any atom is -0.262 e. The van der Waals surface area contributed by atoms with Gasteiger partial charge >= 0.3 is 0 Å². The summed E-state index contributed by atoms with van der Waals surface area (Å²) < 4.78 is 13.1. The van der Waals surface area contributed by atoms with Crippen LogP contribution in [0.25, 0.3) is 0 Å². The average Bonchev–Trinajstić information content (AvgIpc) is 2.20. The minimum atomic E-state index is -0.164. The van der Waals surface area contributed by atoms with Crippen LogP contribution in [0.1, 0.15) is 44.6 Å². The molecule has 2 heteroatoms. The van der Waals surface area contributed by atoms with Crippen LogP contribution < -0.4 is 0 Å². The standard InChI is InChI=1S/C12H18FN/c1-2-3-4-5-6-7-11-8-9-14-10-12(11)13/h8-10H,2-7H2,1H3. The highest BCUT2D eigenvalue weighted by Gasteiger charge is 2.00. The van der Waals surface area contributed by atoms with Gasteiger partial charge in [-0.2, -0.15) is 0 Å². The van der Waals surface area contributed by atoms with Crippen LogP contribution in [0.2, 0.25) is 0 Å². The van der Waals surface area contributed by atoms with Crippen molar-refractivity contribution in [1.29, 1.82) is 0 Å². The summed E-state index contributed by atoms with van der Waals surface area (Å²) in [4.78, 5) is 3.73. The predicted octanol–water partition coefficient (Wildman–Crippen LogP) is 3.73. The molecule has 0 amide bonds. The average molecular weight is 195 g/mol. The number of pyridine rings is 1. The molecule has 1 aromatic heterocycles. The summed E-state index contributed by atoms with van der Waals surface area (Å²) in [6.07, 6.45) is 9.89. The zero-order valence-electron chi connectivity index (χ0n) is 8.80. The van der Waals surface area contributed by atoms with Gasteiger partial charge in [-0.25, -0.2) is 4.39 Å². The van der Waals surface area contributed by atoms with Crippen LogP contribution in [-0.2, 0) is 6.42 Å². The summed E-state index contributed by atoms with van der Waals surface area (Å²) in [7, 11) is 0. The highest BCUT2D eigenvalue weighted by molar-refractivity contribution is 5.12. The number of halogens is 1. The van der Waals surface area contributed by atoms with E-state index in [4.69, 9.17) is 0 Å². The molecule has 0 aliphatic rings. The molecule has 1 aromatic rings. The molecule has 0 saturated carbocycles. The van der Waals surface area contributed by atoms with Crippen molar-refractivity contribution in [3.05, 3.63) is 29.8 Å². The van der Waals surface area contributed by atoms with E-state index in [0.717, 1.165) is 18.4 Å². The molecule has 0 aliphatic carbocycles. The second kappa shape index (κ2) is 6.52. The molecule has 0 spiro atoms. The fourth-order valence-electron chi connectivity index (χ4n) is 1.53. The van der Waals surface area contributed by atoms with E-state index in [2.05, 4.69) is 11.9 Å². The van der Waals surface area contributed by atoms with Gasteiger partial charge in [0.1, 0.15) is 5.82 Å². The second-order valence-corrected chi connectivity index (χ2v) is 3.63. The van der Waals surface area contributed by atoms with Gasteiger partial charge in [-0.1, -0.05) is 32.6 Å². The topological polar surface area (TPSA) is 12.9 Å². The van der Waals surface area contributed by atoms with Crippen molar-refractivity contribution < 1.29 is 4.39 Å². The van der Waals surface area contributed by atoms with Crippen molar-refractivity contribution in [2.24, 2.45) is 0 Å². The molecule has 78 valence electrons. The van der Waals surface area contributed by atoms with E-state index in [1.807, 2.05) is 0 Å². The Hall–Kier alpha value is -0.920. The van der Waals surface area contributed by atoms with Gasteiger partial charge in [-0.15, -0.1) is 0 Å². The molecule has 1 rings (SSSR count). The number of aromatic nitrogens is 1. The fourth-order valence-corrected chi connectivity index (χ4v) is 1.53. The lowest BCUT2D eigenvalue weighted by atomic mass is 10.1. The quantitative estimate of drug-likeness (QED) is 0.630. The number of hydrogen-bond acceptors (Lipinski definition) is 1. The van der Waals surface area contributed by atoms with Gasteiger partial charge in [0.2, 0.25) is 0 Å². The Labute approximate surface area is 85.4 Å². The molecular formula is C12H18FN. The van der Waals surface area contributed by atoms with E-state index in [9.17, 15) is 4.39 Å². The zero-order chi connectivity index (χ0) is 10.2. The van der Waals surface area contributed by atoms with Crippen molar-refractivity contribution in [3.8, 4) is 0 Å². The Bertz CT molecular complexity index is 260. The first-order valence-electron chi connectivity index (χ1n) is 5.43. The summed E-state index contributed by atoms with van der Waals surface area (Å²) in [5.74, 6) is -0.164. The molecule has 0 aromatic carbocycles. The molecule has 0 saturated heterocycles. The number of hydrogen-bond donors (Lipinski definition) is 0. The van der Waals surface area contributed by atoms with Gasteiger partial charge in [0.25, 0.3) is 0 Å². The third-order valence-corrected chi connectivity index (χ3v) is 2.41. The predicted molar refractivity (Wildman–Crippen MR) is 56.7 cm³/mol. The largest absolute Gasteiger partial charge is 0.262 e. The third-order valence-electron chi connectivity index (χ3n) is 2.41. The molecule has 0 atom stereocenters. The van der Waals surface area contributed by atoms with E-state index in [0.29, 0.717) is 0 Å². The van der Waals surface area contributed by atoms with Crippen LogP contribution in [0.5, 0.6) is 0 Å². The fraction of sp³-hybridized carbons (Fsp3) is 0.583. The van der Waals surface area contributed by atoms with Crippen LogP contribution in [0.15, 0.2) is 18.5 Å². The van der Waals surface area contributed by atoms with E-state index >= 15 is 0 Å². The van der Waals surface area contributed by atoms with E-state index in [-0.39, 0.29) is 5.82 Å². The van der Waals surface area contributed by atoms with Gasteiger partial charge in [-0.05, 0) is 24.5 Å². The number of rotatable bonds is 6. The SMILES string of the molecule is CCCCCCCc1ccncc1F. The van der Waals surface area contributed by atoms with Crippen LogP contribution in [0, 0.1) is 5.82 Å². The van der Waals surface area contributed by atoms with Gasteiger partial charge < -0.3 is 0 Å². The highest BCUT2D eigenvalue weighted by Crippen LogP contribution is 2.10. The van der Waals surface area contributed by atoms with Crippen LogP contribution in [0.3, 0.4) is 0 Å². The Morgan fingerprint density at radius 1 is 1.21 bits per heavy atom. The lowest BCUT2D eigenvalue weighted by Crippen LogP contribution is -1.91. The Morgan fingerprint density at radius 2 is 2.00 bits per heavy atom. The molecule has 0 bridgehead atoms. The van der Waals surface area contributed by atoms with Crippen LogP contribution in [0.4, 0.5) is 4.39 Å². The number of nitrogens with zero attached hydrogens (tertiary/aromatic N) is 1. The van der Waals surface area contributed by atoms with Crippen molar-refractivity contribution in [3.63, 3.8) is 0 Å². The van der Waals surface area contributed by atoms with Gasteiger partial charge in [-0.3, -0.25) is 4.98 Å². The van der Waals surface area contributed by atoms with E-state index < -0.39 is 0 Å². The first-order valence-corrected chi connectivity index (χ1v) is 5.43. The molecule has 1 heterocycles. The maximum Gasteiger partial charge on any atom is 0.144 e. The molecule has 0 N–H and O–H groups in total. The summed E-state index contributed by atoms with van der Waals surface area (Å²) in [6.45, 7) is 2.20. The Morgan fingerprint density at radius 3 is 2.71 bits per heavy atom. The summed E-state index contributed by atoms with van der Waals surface area (Å²) in [5.41, 5.74) is 0.802. The Balaban J connectivity index is 2.21. The number of aryl methyl sites for hydroxylation is 1. The number of unbranched alkanes of at least 4 members (excludes halogenated alkanes) is 4. The normalized spacial score (nSPS) is 10.4. The molecular weight excluding hydrogens is 177 g/mol. The smallest absolute Gasteiger partial charge is 0.144 e. The zero-order valence-corrected chi connectivity index (χ0v) is 8.80. The van der Waals surface area contributed by atoms with Crippen molar-refractivity contribution >= 4 is 0 Å². The molecule has 0 unspecified atom stereocenters. The maximum absolute atomic E-state index is 13.1. The van der Waals surface area contributed by atoms with Crippen molar-refractivity contribution in [2.45, 2.75) is 45.4 Å². The van der Waals surface area contributed by atoms with Gasteiger partial charge in [0, 0.05) is 6.20 Å². The first-order chi connectivity index (χ1) is 6.84. The second-order valence-electron chi connectivity index (χ2n) is 3.63. The van der Waals surface area contributed by atoms with Crippen LogP contribution >= 0.6 is 0 Å². The lowest BCUT2D eigenvalue weighted by molar-refractivity contribution is 0.583. The minimum absolute atomic E-state index is 0.164. The van der Waals surface area contributed by atoms with Crippen LogP contribution in [-0.4, -0.2) is 4.98 Å². The van der Waals surface area contributed by atoms with E-state index in [1.54, 1.807) is 12.3 Å². The highest BCUT2D eigenvalue weighted by atomic mass is 19.1.